The van der Waals surface area contributed by atoms with E-state index in [0.29, 0.717) is 0 Å². The molecular weight excluding hydrogens is 340 g/mol. The molecule has 1 aromatic heterocycles. The Morgan fingerprint density at radius 3 is 1.54 bits per heavy atom. The molecule has 0 amide bonds. The van der Waals surface area contributed by atoms with E-state index >= 15 is 0 Å². The summed E-state index contributed by atoms with van der Waals surface area (Å²) in [6, 6.07) is 19.7. The summed E-state index contributed by atoms with van der Waals surface area (Å²) in [5.41, 5.74) is 6.68. The zero-order valence-corrected chi connectivity index (χ0v) is 18.1. The van der Waals surface area contributed by atoms with Gasteiger partial charge in [-0.2, -0.15) is 0 Å². The standard InChI is InChI=1S/C26H32N2/c1-25(2,3)21-11-7-19(8-12-21)17-23-15-16-27-24(28-23)18-20-9-13-22(14-10-20)26(4,5)6/h7-16H,17-18H2,1-6H3. The summed E-state index contributed by atoms with van der Waals surface area (Å²) in [5, 5.41) is 0. The van der Waals surface area contributed by atoms with E-state index in [-0.39, 0.29) is 10.8 Å². The highest BCUT2D eigenvalue weighted by atomic mass is 14.9. The van der Waals surface area contributed by atoms with Gasteiger partial charge in [-0.1, -0.05) is 90.1 Å². The van der Waals surface area contributed by atoms with Crippen molar-refractivity contribution in [2.45, 2.75) is 65.2 Å². The van der Waals surface area contributed by atoms with Crippen LogP contribution in [-0.2, 0) is 23.7 Å². The van der Waals surface area contributed by atoms with Crippen molar-refractivity contribution < 1.29 is 0 Å². The Balaban J connectivity index is 1.70. The van der Waals surface area contributed by atoms with Crippen LogP contribution in [0.1, 0.15) is 75.3 Å². The fourth-order valence-electron chi connectivity index (χ4n) is 3.26. The largest absolute Gasteiger partial charge is 0.241 e. The highest BCUT2D eigenvalue weighted by molar-refractivity contribution is 5.31. The molecule has 3 aromatic rings. The minimum absolute atomic E-state index is 0.178. The van der Waals surface area contributed by atoms with Gasteiger partial charge in [-0.25, -0.2) is 9.97 Å². The summed E-state index contributed by atoms with van der Waals surface area (Å²) in [6.45, 7) is 13.4. The lowest BCUT2D eigenvalue weighted by atomic mass is 9.86. The quantitative estimate of drug-likeness (QED) is 0.541. The smallest absolute Gasteiger partial charge is 0.132 e. The molecule has 0 radical (unpaired) electrons. The SMILES string of the molecule is CC(C)(C)c1ccc(Cc2ccnc(Cc3ccc(C(C)(C)C)cc3)n2)cc1. The fraction of sp³-hybridized carbons (Fsp3) is 0.385. The Morgan fingerprint density at radius 1 is 0.607 bits per heavy atom. The van der Waals surface area contributed by atoms with E-state index in [1.165, 1.54) is 22.3 Å². The Bertz CT molecular complexity index is 834. The fourth-order valence-corrected chi connectivity index (χ4v) is 3.26. The zero-order chi connectivity index (χ0) is 20.4. The van der Waals surface area contributed by atoms with Crippen molar-refractivity contribution in [1.29, 1.82) is 0 Å². The molecule has 0 aliphatic carbocycles. The van der Waals surface area contributed by atoms with E-state index in [0.717, 1.165) is 24.4 Å². The zero-order valence-electron chi connectivity index (χ0n) is 18.1. The second kappa shape index (κ2) is 7.87. The number of hydrogen-bond acceptors (Lipinski definition) is 2. The van der Waals surface area contributed by atoms with Crippen LogP contribution in [0, 0.1) is 0 Å². The Kier molecular flexibility index (Phi) is 5.69. The van der Waals surface area contributed by atoms with Crippen LogP contribution < -0.4 is 0 Å². The summed E-state index contributed by atoms with van der Waals surface area (Å²) >= 11 is 0. The number of nitrogens with zero attached hydrogens (tertiary/aromatic N) is 2. The van der Waals surface area contributed by atoms with Gasteiger partial charge in [0.05, 0.1) is 0 Å². The number of benzene rings is 2. The number of rotatable bonds is 4. The molecular formula is C26H32N2. The molecule has 0 saturated carbocycles. The maximum Gasteiger partial charge on any atom is 0.132 e. The lowest BCUT2D eigenvalue weighted by molar-refractivity contribution is 0.590. The summed E-state index contributed by atoms with van der Waals surface area (Å²) in [7, 11) is 0. The van der Waals surface area contributed by atoms with Crippen molar-refractivity contribution >= 4 is 0 Å². The molecule has 0 aliphatic heterocycles. The molecule has 2 aromatic carbocycles. The maximum absolute atomic E-state index is 4.79. The molecule has 28 heavy (non-hydrogen) atoms. The van der Waals surface area contributed by atoms with Crippen LogP contribution in [0.2, 0.25) is 0 Å². The van der Waals surface area contributed by atoms with Gasteiger partial charge >= 0.3 is 0 Å². The summed E-state index contributed by atoms with van der Waals surface area (Å²) in [6.07, 6.45) is 3.48. The van der Waals surface area contributed by atoms with Crippen molar-refractivity contribution in [3.8, 4) is 0 Å². The summed E-state index contributed by atoms with van der Waals surface area (Å²) in [4.78, 5) is 9.28. The van der Waals surface area contributed by atoms with Crippen molar-refractivity contribution in [1.82, 2.24) is 9.97 Å². The minimum atomic E-state index is 0.178. The Morgan fingerprint density at radius 2 is 1.07 bits per heavy atom. The van der Waals surface area contributed by atoms with Crippen molar-refractivity contribution in [2.24, 2.45) is 0 Å². The van der Waals surface area contributed by atoms with Gasteiger partial charge in [0.1, 0.15) is 5.82 Å². The first kappa shape index (κ1) is 20.3. The highest BCUT2D eigenvalue weighted by Gasteiger charge is 2.14. The van der Waals surface area contributed by atoms with E-state index in [1.54, 1.807) is 0 Å². The minimum Gasteiger partial charge on any atom is -0.241 e. The van der Waals surface area contributed by atoms with Gasteiger partial charge in [-0.05, 0) is 39.2 Å². The van der Waals surface area contributed by atoms with Gasteiger partial charge in [-0.15, -0.1) is 0 Å². The predicted molar refractivity (Wildman–Crippen MR) is 118 cm³/mol. The van der Waals surface area contributed by atoms with Crippen molar-refractivity contribution in [3.05, 3.63) is 94.6 Å². The first-order valence-electron chi connectivity index (χ1n) is 10.1. The topological polar surface area (TPSA) is 25.8 Å². The number of hydrogen-bond donors (Lipinski definition) is 0. The van der Waals surface area contributed by atoms with Crippen molar-refractivity contribution in [2.75, 3.05) is 0 Å². The molecule has 0 aliphatic rings. The third kappa shape index (κ3) is 5.28. The second-order valence-corrected chi connectivity index (χ2v) is 9.71. The molecule has 0 unspecified atom stereocenters. The average molecular weight is 373 g/mol. The van der Waals surface area contributed by atoms with Crippen LogP contribution in [0.15, 0.2) is 60.8 Å². The molecule has 146 valence electrons. The first-order valence-corrected chi connectivity index (χ1v) is 10.1. The van der Waals surface area contributed by atoms with Crippen LogP contribution in [0.3, 0.4) is 0 Å². The molecule has 1 heterocycles. The normalized spacial score (nSPS) is 12.2. The number of aromatic nitrogens is 2. The summed E-state index contributed by atoms with van der Waals surface area (Å²) in [5.74, 6) is 0.882. The van der Waals surface area contributed by atoms with Crippen LogP contribution in [0.5, 0.6) is 0 Å². The second-order valence-electron chi connectivity index (χ2n) is 9.71. The molecule has 2 nitrogen and oxygen atoms in total. The van der Waals surface area contributed by atoms with Gasteiger partial charge in [0.2, 0.25) is 0 Å². The van der Waals surface area contributed by atoms with Crippen LogP contribution in [0.25, 0.3) is 0 Å². The summed E-state index contributed by atoms with van der Waals surface area (Å²) < 4.78 is 0. The van der Waals surface area contributed by atoms with Gasteiger partial charge in [0.15, 0.2) is 0 Å². The van der Waals surface area contributed by atoms with Crippen LogP contribution >= 0.6 is 0 Å². The highest BCUT2D eigenvalue weighted by Crippen LogP contribution is 2.24. The van der Waals surface area contributed by atoms with Gasteiger partial charge in [0, 0.05) is 24.7 Å². The molecule has 0 N–H and O–H groups in total. The van der Waals surface area contributed by atoms with Gasteiger partial charge < -0.3 is 0 Å². The lowest BCUT2D eigenvalue weighted by Gasteiger charge is -2.19. The third-order valence-corrected chi connectivity index (χ3v) is 5.15. The van der Waals surface area contributed by atoms with E-state index in [4.69, 9.17) is 4.98 Å². The van der Waals surface area contributed by atoms with Crippen LogP contribution in [-0.4, -0.2) is 9.97 Å². The molecule has 2 heteroatoms. The van der Waals surface area contributed by atoms with Crippen LogP contribution in [0.4, 0.5) is 0 Å². The molecule has 3 rings (SSSR count). The van der Waals surface area contributed by atoms with E-state index in [1.807, 2.05) is 12.3 Å². The lowest BCUT2D eigenvalue weighted by Crippen LogP contribution is -2.11. The molecule has 0 saturated heterocycles. The monoisotopic (exact) mass is 372 g/mol. The van der Waals surface area contributed by atoms with Gasteiger partial charge in [-0.3, -0.25) is 0 Å². The molecule has 0 spiro atoms. The van der Waals surface area contributed by atoms with E-state index in [9.17, 15) is 0 Å². The maximum atomic E-state index is 4.79. The first-order chi connectivity index (χ1) is 13.1. The van der Waals surface area contributed by atoms with Gasteiger partial charge in [0.25, 0.3) is 0 Å². The average Bonchev–Trinajstić information content (AvgIpc) is 2.61. The Labute approximate surface area is 170 Å². The molecule has 0 atom stereocenters. The Hall–Kier alpha value is -2.48. The van der Waals surface area contributed by atoms with E-state index in [2.05, 4.69) is 95.1 Å². The molecule has 0 bridgehead atoms. The predicted octanol–water partition coefficient (Wildman–Crippen LogP) is 6.25. The van der Waals surface area contributed by atoms with Crippen molar-refractivity contribution in [3.63, 3.8) is 0 Å². The molecule has 0 fully saturated rings. The van der Waals surface area contributed by atoms with E-state index < -0.39 is 0 Å². The third-order valence-electron chi connectivity index (χ3n) is 5.15.